The molecule has 1 aromatic rings. The molecule has 7 nitrogen and oxygen atoms in total. The Labute approximate surface area is 150 Å². The quantitative estimate of drug-likeness (QED) is 0.618. The van der Waals surface area contributed by atoms with E-state index in [0.717, 1.165) is 19.4 Å². The predicted octanol–water partition coefficient (Wildman–Crippen LogP) is 2.09. The average Bonchev–Trinajstić information content (AvgIpc) is 3.23. The lowest BCUT2D eigenvalue weighted by molar-refractivity contribution is -0.141. The normalized spacial score (nSPS) is 16.0. The summed E-state index contributed by atoms with van der Waals surface area (Å²) in [7, 11) is -2.16. The zero-order chi connectivity index (χ0) is 18.4. The van der Waals surface area contributed by atoms with E-state index in [1.807, 2.05) is 0 Å². The summed E-state index contributed by atoms with van der Waals surface area (Å²) in [5, 5.41) is 0.00173. The first-order valence-electron chi connectivity index (χ1n) is 8.71. The van der Waals surface area contributed by atoms with Crippen LogP contribution in [0.1, 0.15) is 38.9 Å². The molecule has 0 atom stereocenters. The first kappa shape index (κ1) is 19.9. The molecular weight excluding hydrogens is 344 g/mol. The molecule has 1 aromatic heterocycles. The van der Waals surface area contributed by atoms with Gasteiger partial charge in [0.15, 0.2) is 0 Å². The summed E-state index contributed by atoms with van der Waals surface area (Å²) in [5.41, 5.74) is 0. The molecule has 2 heterocycles. The highest BCUT2D eigenvalue weighted by Crippen LogP contribution is 2.23. The van der Waals surface area contributed by atoms with Gasteiger partial charge in [-0.2, -0.15) is 4.31 Å². The molecule has 0 amide bonds. The SMILES string of the molecule is COC(=O)CCN(Cc1ccc(S(=O)(=O)N2CCCC2)o1)CC(C)C. The lowest BCUT2D eigenvalue weighted by Crippen LogP contribution is -2.30. The van der Waals surface area contributed by atoms with Crippen LogP contribution in [0.4, 0.5) is 0 Å². The Morgan fingerprint density at radius 2 is 2.00 bits per heavy atom. The smallest absolute Gasteiger partial charge is 0.306 e. The summed E-state index contributed by atoms with van der Waals surface area (Å²) in [5.74, 6) is 0.745. The molecule has 0 aliphatic carbocycles. The van der Waals surface area contributed by atoms with E-state index in [9.17, 15) is 13.2 Å². The third-order valence-electron chi connectivity index (χ3n) is 4.16. The molecule has 1 fully saturated rings. The second-order valence-electron chi connectivity index (χ2n) is 6.79. The second-order valence-corrected chi connectivity index (χ2v) is 8.66. The molecule has 0 spiro atoms. The van der Waals surface area contributed by atoms with Crippen LogP contribution in [0.2, 0.25) is 0 Å². The van der Waals surface area contributed by atoms with Crippen molar-refractivity contribution in [2.45, 2.75) is 44.7 Å². The number of methoxy groups -OCH3 is 1. The molecule has 0 radical (unpaired) electrons. The standard InChI is InChI=1S/C17H28N2O5S/c1-14(2)12-18(11-8-16(20)23-3)13-15-6-7-17(24-15)25(21,22)19-9-4-5-10-19/h6-7,14H,4-5,8-13H2,1-3H3. The van der Waals surface area contributed by atoms with Crippen molar-refractivity contribution in [1.82, 2.24) is 9.21 Å². The van der Waals surface area contributed by atoms with Crippen molar-refractivity contribution in [2.24, 2.45) is 5.92 Å². The predicted molar refractivity (Wildman–Crippen MR) is 93.4 cm³/mol. The van der Waals surface area contributed by atoms with Gasteiger partial charge >= 0.3 is 5.97 Å². The Morgan fingerprint density at radius 3 is 2.60 bits per heavy atom. The van der Waals surface area contributed by atoms with Crippen LogP contribution < -0.4 is 0 Å². The lowest BCUT2D eigenvalue weighted by atomic mass is 10.2. The van der Waals surface area contributed by atoms with Crippen LogP contribution in [0.5, 0.6) is 0 Å². The molecule has 0 unspecified atom stereocenters. The van der Waals surface area contributed by atoms with E-state index in [2.05, 4.69) is 23.5 Å². The maximum absolute atomic E-state index is 12.5. The van der Waals surface area contributed by atoms with Crippen LogP contribution >= 0.6 is 0 Å². The fraction of sp³-hybridized carbons (Fsp3) is 0.706. The van der Waals surface area contributed by atoms with Crippen LogP contribution in [0.15, 0.2) is 21.6 Å². The van der Waals surface area contributed by atoms with E-state index in [1.54, 1.807) is 6.07 Å². The van der Waals surface area contributed by atoms with Gasteiger partial charge in [0.05, 0.1) is 20.1 Å². The summed E-state index contributed by atoms with van der Waals surface area (Å²) >= 11 is 0. The van der Waals surface area contributed by atoms with E-state index in [0.29, 0.717) is 44.3 Å². The topological polar surface area (TPSA) is 80.1 Å². The molecule has 8 heteroatoms. The van der Waals surface area contributed by atoms with Gasteiger partial charge in [0.1, 0.15) is 5.76 Å². The third-order valence-corrected chi connectivity index (χ3v) is 5.93. The molecule has 142 valence electrons. The number of hydrogen-bond acceptors (Lipinski definition) is 6. The molecule has 0 aromatic carbocycles. The highest BCUT2D eigenvalue weighted by molar-refractivity contribution is 7.89. The highest BCUT2D eigenvalue weighted by Gasteiger charge is 2.30. The molecule has 25 heavy (non-hydrogen) atoms. The maximum atomic E-state index is 12.5. The molecule has 0 N–H and O–H groups in total. The minimum absolute atomic E-state index is 0.00173. The Balaban J connectivity index is 2.04. The number of carbonyl (C=O) groups is 1. The molecular formula is C17H28N2O5S. The largest absolute Gasteiger partial charge is 0.469 e. The van der Waals surface area contributed by atoms with E-state index >= 15 is 0 Å². The third kappa shape index (κ3) is 5.55. The number of esters is 1. The average molecular weight is 372 g/mol. The van der Waals surface area contributed by atoms with Gasteiger partial charge in [-0.05, 0) is 30.9 Å². The van der Waals surface area contributed by atoms with Gasteiger partial charge in [-0.3, -0.25) is 9.69 Å². The van der Waals surface area contributed by atoms with Crippen LogP contribution in [-0.2, 0) is 26.1 Å². The van der Waals surface area contributed by atoms with Crippen molar-refractivity contribution in [1.29, 1.82) is 0 Å². The van der Waals surface area contributed by atoms with Gasteiger partial charge < -0.3 is 9.15 Å². The van der Waals surface area contributed by atoms with Crippen molar-refractivity contribution < 1.29 is 22.4 Å². The number of furan rings is 1. The highest BCUT2D eigenvalue weighted by atomic mass is 32.2. The molecule has 1 aliphatic rings. The van der Waals surface area contributed by atoms with Crippen LogP contribution in [-0.4, -0.2) is 56.9 Å². The first-order chi connectivity index (χ1) is 11.8. The Kier molecular flexibility index (Phi) is 7.04. The van der Waals surface area contributed by atoms with Gasteiger partial charge in [0.2, 0.25) is 5.09 Å². The molecule has 0 saturated carbocycles. The fourth-order valence-corrected chi connectivity index (χ4v) is 4.41. The molecule has 1 saturated heterocycles. The number of rotatable bonds is 9. The number of carbonyl (C=O) groups excluding carboxylic acids is 1. The van der Waals surface area contributed by atoms with Crippen molar-refractivity contribution in [3.63, 3.8) is 0 Å². The van der Waals surface area contributed by atoms with Crippen molar-refractivity contribution in [3.8, 4) is 0 Å². The van der Waals surface area contributed by atoms with E-state index in [1.165, 1.54) is 17.5 Å². The summed E-state index contributed by atoms with van der Waals surface area (Å²) in [6, 6.07) is 3.23. The first-order valence-corrected chi connectivity index (χ1v) is 10.1. The molecule has 1 aliphatic heterocycles. The van der Waals surface area contributed by atoms with E-state index in [-0.39, 0.29) is 11.1 Å². The van der Waals surface area contributed by atoms with Gasteiger partial charge in [-0.1, -0.05) is 13.8 Å². The van der Waals surface area contributed by atoms with E-state index < -0.39 is 10.0 Å². The van der Waals surface area contributed by atoms with Crippen molar-refractivity contribution in [3.05, 3.63) is 17.9 Å². The number of hydrogen-bond donors (Lipinski definition) is 0. The minimum atomic E-state index is -3.53. The number of sulfonamides is 1. The fourth-order valence-electron chi connectivity index (χ4n) is 2.96. The summed E-state index contributed by atoms with van der Waals surface area (Å²) in [4.78, 5) is 13.5. The Bertz CT molecular complexity index is 662. The van der Waals surface area contributed by atoms with Crippen LogP contribution in [0, 0.1) is 5.92 Å². The monoisotopic (exact) mass is 372 g/mol. The second kappa shape index (κ2) is 8.82. The van der Waals surface area contributed by atoms with Crippen molar-refractivity contribution >= 4 is 16.0 Å². The number of nitrogens with zero attached hydrogens (tertiary/aromatic N) is 2. The lowest BCUT2D eigenvalue weighted by Gasteiger charge is -2.22. The summed E-state index contributed by atoms with van der Waals surface area (Å²) in [6.45, 7) is 7.08. The van der Waals surface area contributed by atoms with Gasteiger partial charge in [-0.15, -0.1) is 0 Å². The maximum Gasteiger partial charge on any atom is 0.306 e. The van der Waals surface area contributed by atoms with Crippen LogP contribution in [0.3, 0.4) is 0 Å². The summed E-state index contributed by atoms with van der Waals surface area (Å²) in [6.07, 6.45) is 2.08. The number of ether oxygens (including phenoxy) is 1. The van der Waals surface area contributed by atoms with Gasteiger partial charge in [-0.25, -0.2) is 8.42 Å². The Morgan fingerprint density at radius 1 is 1.32 bits per heavy atom. The van der Waals surface area contributed by atoms with Crippen molar-refractivity contribution in [2.75, 3.05) is 33.3 Å². The van der Waals surface area contributed by atoms with Gasteiger partial charge in [0, 0.05) is 26.2 Å². The molecule has 2 rings (SSSR count). The zero-order valence-electron chi connectivity index (χ0n) is 15.2. The zero-order valence-corrected chi connectivity index (χ0v) is 16.0. The minimum Gasteiger partial charge on any atom is -0.469 e. The summed E-state index contributed by atoms with van der Waals surface area (Å²) < 4.78 is 36.8. The van der Waals surface area contributed by atoms with Gasteiger partial charge in [0.25, 0.3) is 10.0 Å². The molecule has 0 bridgehead atoms. The Hall–Kier alpha value is -1.38. The van der Waals surface area contributed by atoms with E-state index in [4.69, 9.17) is 4.42 Å². The van der Waals surface area contributed by atoms with Crippen LogP contribution in [0.25, 0.3) is 0 Å².